The van der Waals surface area contributed by atoms with Crippen LogP contribution in [0, 0.1) is 0 Å². The van der Waals surface area contributed by atoms with Crippen LogP contribution in [0.15, 0.2) is 53.4 Å². The zero-order chi connectivity index (χ0) is 19.8. The molecule has 2 aromatic rings. The predicted octanol–water partition coefficient (Wildman–Crippen LogP) is 0.754. The molecule has 0 radical (unpaired) electrons. The van der Waals surface area contributed by atoms with E-state index in [1.54, 1.807) is 0 Å². The van der Waals surface area contributed by atoms with Gasteiger partial charge in [-0.15, -0.1) is 0 Å². The Morgan fingerprint density at radius 3 is 2.30 bits per heavy atom. The van der Waals surface area contributed by atoms with Gasteiger partial charge in [-0.05, 0) is 36.4 Å². The Bertz CT molecular complexity index is 1030. The number of aliphatic hydroxyl groups is 1. The molecule has 0 saturated carbocycles. The van der Waals surface area contributed by atoms with Gasteiger partial charge < -0.3 is 14.9 Å². The number of phenolic OH excluding ortho intramolecular Hbond substituents is 1. The Morgan fingerprint density at radius 1 is 1.11 bits per heavy atom. The first-order chi connectivity index (χ1) is 12.6. The van der Waals surface area contributed by atoms with Crippen LogP contribution in [-0.2, 0) is 19.9 Å². The molecule has 8 nitrogen and oxygen atoms in total. The maximum absolute atomic E-state index is 13.3. The molecule has 10 heteroatoms. The Hall–Kier alpha value is -2.30. The highest BCUT2D eigenvalue weighted by Crippen LogP contribution is 2.33. The van der Waals surface area contributed by atoms with Crippen LogP contribution in [0.4, 0.5) is 5.69 Å². The van der Waals surface area contributed by atoms with E-state index >= 15 is 0 Å². The minimum absolute atomic E-state index is 0.0620. The third-order valence-electron chi connectivity index (χ3n) is 4.30. The van der Waals surface area contributed by atoms with E-state index in [4.69, 9.17) is 4.74 Å². The van der Waals surface area contributed by atoms with Crippen LogP contribution in [0.1, 0.15) is 0 Å². The van der Waals surface area contributed by atoms with Crippen molar-refractivity contribution in [3.8, 4) is 11.5 Å². The topological polar surface area (TPSA) is 121 Å². The molecule has 0 unspecified atom stereocenters. The highest BCUT2D eigenvalue weighted by Gasteiger charge is 2.45. The summed E-state index contributed by atoms with van der Waals surface area (Å²) in [5.74, 6) is -0.760. The number of rotatable bonds is 5. The largest absolute Gasteiger partial charge is 0.508 e. The van der Waals surface area contributed by atoms with E-state index in [0.717, 1.165) is 4.31 Å². The summed E-state index contributed by atoms with van der Waals surface area (Å²) >= 11 is 0. The molecule has 0 amide bonds. The average molecular weight is 413 g/mol. The fourth-order valence-corrected chi connectivity index (χ4v) is 6.57. The van der Waals surface area contributed by atoms with Crippen LogP contribution in [0.5, 0.6) is 11.5 Å². The third kappa shape index (κ3) is 3.87. The molecule has 1 aliphatic rings. The monoisotopic (exact) mass is 413 g/mol. The number of anilines is 1. The molecule has 0 aromatic heterocycles. The smallest absolute Gasteiger partial charge is 0.264 e. The second kappa shape index (κ2) is 7.02. The lowest BCUT2D eigenvalue weighted by Crippen LogP contribution is -2.47. The van der Waals surface area contributed by atoms with E-state index < -0.39 is 43.5 Å². The van der Waals surface area contributed by atoms with E-state index in [2.05, 4.69) is 0 Å². The summed E-state index contributed by atoms with van der Waals surface area (Å²) < 4.78 is 56.4. The van der Waals surface area contributed by atoms with Gasteiger partial charge in [-0.2, -0.15) is 0 Å². The summed E-state index contributed by atoms with van der Waals surface area (Å²) in [6.07, 6.45) is -1.38. The number of aromatic hydroxyl groups is 1. The van der Waals surface area contributed by atoms with Crippen molar-refractivity contribution >= 4 is 25.5 Å². The Labute approximate surface area is 157 Å². The zero-order valence-corrected chi connectivity index (χ0v) is 16.0. The van der Waals surface area contributed by atoms with Crippen molar-refractivity contribution < 1.29 is 31.8 Å². The van der Waals surface area contributed by atoms with Crippen LogP contribution in [-0.4, -0.2) is 57.8 Å². The van der Waals surface area contributed by atoms with E-state index in [9.17, 15) is 27.0 Å². The molecular formula is C17H19NO7S2. The summed E-state index contributed by atoms with van der Waals surface area (Å²) in [5.41, 5.74) is 0.0620. The van der Waals surface area contributed by atoms with Crippen molar-refractivity contribution in [1.29, 1.82) is 0 Å². The van der Waals surface area contributed by atoms with Gasteiger partial charge in [0.15, 0.2) is 9.84 Å². The zero-order valence-electron chi connectivity index (χ0n) is 14.4. The van der Waals surface area contributed by atoms with E-state index in [0.29, 0.717) is 5.75 Å². The van der Waals surface area contributed by atoms with Crippen LogP contribution < -0.4 is 9.04 Å². The number of nitrogens with zero attached hydrogens (tertiary/aromatic N) is 1. The average Bonchev–Trinajstić information content (AvgIpc) is 2.87. The number of aliphatic hydroxyl groups excluding tert-OH is 1. The molecular weight excluding hydrogens is 394 g/mol. The summed E-state index contributed by atoms with van der Waals surface area (Å²) in [6.45, 7) is 0. The first kappa shape index (κ1) is 19.5. The minimum atomic E-state index is -4.22. The van der Waals surface area contributed by atoms with Gasteiger partial charge in [0.25, 0.3) is 10.0 Å². The van der Waals surface area contributed by atoms with Crippen molar-refractivity contribution in [2.45, 2.75) is 17.0 Å². The molecule has 2 atom stereocenters. The normalized spacial score (nSPS) is 21.7. The molecule has 0 bridgehead atoms. The maximum Gasteiger partial charge on any atom is 0.264 e. The predicted molar refractivity (Wildman–Crippen MR) is 99.2 cm³/mol. The van der Waals surface area contributed by atoms with Gasteiger partial charge in [0.05, 0.1) is 41.3 Å². The molecule has 27 heavy (non-hydrogen) atoms. The molecule has 0 spiro atoms. The highest BCUT2D eigenvalue weighted by molar-refractivity contribution is 7.93. The van der Waals surface area contributed by atoms with Gasteiger partial charge in [-0.1, -0.05) is 6.07 Å². The minimum Gasteiger partial charge on any atom is -0.508 e. The lowest BCUT2D eigenvalue weighted by Gasteiger charge is -2.31. The number of hydrogen-bond donors (Lipinski definition) is 2. The quantitative estimate of drug-likeness (QED) is 0.742. The number of sulfone groups is 1. The van der Waals surface area contributed by atoms with E-state index in [-0.39, 0.29) is 16.3 Å². The molecule has 3 rings (SSSR count). The lowest BCUT2D eigenvalue weighted by atomic mass is 10.2. The molecule has 1 aliphatic heterocycles. The summed E-state index contributed by atoms with van der Waals surface area (Å²) in [6, 6.07) is 9.84. The number of hydrogen-bond acceptors (Lipinski definition) is 7. The Morgan fingerprint density at radius 2 is 1.78 bits per heavy atom. The summed E-state index contributed by atoms with van der Waals surface area (Å²) in [4.78, 5) is -0.0943. The number of phenols is 1. The Balaban J connectivity index is 2.14. The third-order valence-corrected chi connectivity index (χ3v) is 7.86. The van der Waals surface area contributed by atoms with Gasteiger partial charge in [0, 0.05) is 6.07 Å². The SMILES string of the molecule is COc1ccc(S(=O)(=O)N(c2cccc(O)c2)[C@@H]2CS(=O)(=O)C[C@H]2O)cc1. The van der Waals surface area contributed by atoms with Gasteiger partial charge in [-0.3, -0.25) is 4.31 Å². The van der Waals surface area contributed by atoms with Crippen LogP contribution in [0.3, 0.4) is 0 Å². The van der Waals surface area contributed by atoms with Gasteiger partial charge >= 0.3 is 0 Å². The fourth-order valence-electron chi connectivity index (χ4n) is 3.03. The first-order valence-electron chi connectivity index (χ1n) is 8.00. The fraction of sp³-hybridized carbons (Fsp3) is 0.294. The molecule has 1 saturated heterocycles. The molecule has 1 fully saturated rings. The van der Waals surface area contributed by atoms with Gasteiger partial charge in [-0.25, -0.2) is 16.8 Å². The molecule has 1 heterocycles. The molecule has 146 valence electrons. The Kier molecular flexibility index (Phi) is 5.06. The second-order valence-corrected chi connectivity index (χ2v) is 10.2. The summed E-state index contributed by atoms with van der Waals surface area (Å²) in [7, 11) is -6.37. The van der Waals surface area contributed by atoms with E-state index in [1.165, 1.54) is 55.6 Å². The molecule has 2 N–H and O–H groups in total. The number of sulfonamides is 1. The van der Waals surface area contributed by atoms with Gasteiger partial charge in [0.2, 0.25) is 0 Å². The maximum atomic E-state index is 13.3. The lowest BCUT2D eigenvalue weighted by molar-refractivity contribution is 0.184. The second-order valence-electron chi connectivity index (χ2n) is 6.21. The van der Waals surface area contributed by atoms with Crippen molar-refractivity contribution in [2.75, 3.05) is 22.9 Å². The highest BCUT2D eigenvalue weighted by atomic mass is 32.2. The number of ether oxygens (including phenoxy) is 1. The first-order valence-corrected chi connectivity index (χ1v) is 11.3. The van der Waals surface area contributed by atoms with Crippen molar-refractivity contribution in [2.24, 2.45) is 0 Å². The molecule has 2 aromatic carbocycles. The van der Waals surface area contributed by atoms with Gasteiger partial charge in [0.1, 0.15) is 11.5 Å². The van der Waals surface area contributed by atoms with E-state index in [1.807, 2.05) is 0 Å². The van der Waals surface area contributed by atoms with Crippen molar-refractivity contribution in [3.63, 3.8) is 0 Å². The van der Waals surface area contributed by atoms with Crippen molar-refractivity contribution in [3.05, 3.63) is 48.5 Å². The summed E-state index contributed by atoms with van der Waals surface area (Å²) in [5, 5.41) is 20.0. The molecule has 0 aliphatic carbocycles. The standard InChI is InChI=1S/C17H19NO7S2/c1-25-14-5-7-15(8-6-14)27(23,24)18(12-3-2-4-13(19)9-12)16-10-26(21,22)11-17(16)20/h2-9,16-17,19-20H,10-11H2,1H3/t16-,17-/m1/s1. The van der Waals surface area contributed by atoms with Crippen LogP contribution in [0.2, 0.25) is 0 Å². The number of methoxy groups -OCH3 is 1. The number of benzene rings is 2. The van der Waals surface area contributed by atoms with Crippen LogP contribution >= 0.6 is 0 Å². The van der Waals surface area contributed by atoms with Crippen LogP contribution in [0.25, 0.3) is 0 Å². The van der Waals surface area contributed by atoms with Crippen molar-refractivity contribution in [1.82, 2.24) is 0 Å².